The molecule has 106 valence electrons. The first-order valence-electron chi connectivity index (χ1n) is 6.32. The highest BCUT2D eigenvalue weighted by molar-refractivity contribution is 5.94. The Morgan fingerprint density at radius 1 is 1.40 bits per heavy atom. The molecule has 2 aromatic rings. The molecule has 0 fully saturated rings. The van der Waals surface area contributed by atoms with Crippen LogP contribution in [0.2, 0.25) is 0 Å². The van der Waals surface area contributed by atoms with Crippen LogP contribution in [0.25, 0.3) is 0 Å². The number of carbonyl (C=O) groups excluding carboxylic acids is 1. The third kappa shape index (κ3) is 3.34. The van der Waals surface area contributed by atoms with E-state index in [4.69, 9.17) is 10.3 Å². The number of amides is 1. The minimum Gasteiger partial charge on any atom is -0.384 e. The zero-order valence-electron chi connectivity index (χ0n) is 11.8. The number of pyridine rings is 1. The standard InChI is InChI=1S/C14H18N4O2/c1-14(2,3)11-6-9(7-12(15)17-11)13(19)16-8-10-4-5-20-18-10/h4-7H,8H2,1-3H3,(H2,15,17)(H,16,19). The summed E-state index contributed by atoms with van der Waals surface area (Å²) in [5, 5.41) is 6.49. The lowest BCUT2D eigenvalue weighted by Gasteiger charge is -2.19. The molecule has 3 N–H and O–H groups in total. The van der Waals surface area contributed by atoms with Gasteiger partial charge in [-0.25, -0.2) is 4.98 Å². The molecule has 0 saturated carbocycles. The third-order valence-corrected chi connectivity index (χ3v) is 2.80. The summed E-state index contributed by atoms with van der Waals surface area (Å²) in [6.45, 7) is 6.37. The number of hydrogen-bond acceptors (Lipinski definition) is 5. The maximum Gasteiger partial charge on any atom is 0.251 e. The number of nitrogens with one attached hydrogen (secondary N) is 1. The molecule has 1 amide bonds. The molecule has 2 aromatic heterocycles. The fourth-order valence-corrected chi connectivity index (χ4v) is 1.67. The van der Waals surface area contributed by atoms with Gasteiger partial charge in [-0.05, 0) is 12.1 Å². The SMILES string of the molecule is CC(C)(C)c1cc(C(=O)NCc2ccon2)cc(N)n1. The maximum absolute atomic E-state index is 12.1. The van der Waals surface area contributed by atoms with Crippen LogP contribution >= 0.6 is 0 Å². The van der Waals surface area contributed by atoms with Gasteiger partial charge >= 0.3 is 0 Å². The van der Waals surface area contributed by atoms with Crippen molar-refractivity contribution in [2.75, 3.05) is 5.73 Å². The Morgan fingerprint density at radius 3 is 2.75 bits per heavy atom. The molecule has 20 heavy (non-hydrogen) atoms. The fourth-order valence-electron chi connectivity index (χ4n) is 1.67. The van der Waals surface area contributed by atoms with Gasteiger partial charge in [0, 0.05) is 22.7 Å². The van der Waals surface area contributed by atoms with E-state index in [2.05, 4.69) is 15.5 Å². The highest BCUT2D eigenvalue weighted by Crippen LogP contribution is 2.22. The summed E-state index contributed by atoms with van der Waals surface area (Å²) >= 11 is 0. The van der Waals surface area contributed by atoms with Gasteiger partial charge in [-0.2, -0.15) is 0 Å². The smallest absolute Gasteiger partial charge is 0.251 e. The van der Waals surface area contributed by atoms with Crippen molar-refractivity contribution in [3.63, 3.8) is 0 Å². The molecule has 0 aliphatic rings. The Morgan fingerprint density at radius 2 is 2.15 bits per heavy atom. The third-order valence-electron chi connectivity index (χ3n) is 2.80. The van der Waals surface area contributed by atoms with E-state index in [0.717, 1.165) is 5.69 Å². The number of carbonyl (C=O) groups is 1. The number of nitrogens with zero attached hydrogens (tertiary/aromatic N) is 2. The second-order valence-electron chi connectivity index (χ2n) is 5.59. The lowest BCUT2D eigenvalue weighted by Crippen LogP contribution is -2.24. The molecule has 0 unspecified atom stereocenters. The molecule has 0 atom stereocenters. The maximum atomic E-state index is 12.1. The number of nitrogen functional groups attached to an aromatic ring is 1. The zero-order valence-corrected chi connectivity index (χ0v) is 11.8. The molecule has 2 rings (SSSR count). The van der Waals surface area contributed by atoms with Crippen molar-refractivity contribution in [1.29, 1.82) is 0 Å². The minimum absolute atomic E-state index is 0.170. The van der Waals surface area contributed by atoms with Gasteiger partial charge in [0.25, 0.3) is 5.91 Å². The lowest BCUT2D eigenvalue weighted by molar-refractivity contribution is 0.0950. The predicted octanol–water partition coefficient (Wildman–Crippen LogP) is 1.88. The van der Waals surface area contributed by atoms with E-state index < -0.39 is 0 Å². The van der Waals surface area contributed by atoms with Gasteiger partial charge in [-0.3, -0.25) is 4.79 Å². The first kappa shape index (κ1) is 14.0. The van der Waals surface area contributed by atoms with Crippen molar-refractivity contribution in [3.8, 4) is 0 Å². The number of rotatable bonds is 3. The summed E-state index contributed by atoms with van der Waals surface area (Å²) in [5.41, 5.74) is 7.53. The van der Waals surface area contributed by atoms with Crippen molar-refractivity contribution in [1.82, 2.24) is 15.5 Å². The molecular formula is C14H18N4O2. The fraction of sp³-hybridized carbons (Fsp3) is 0.357. The van der Waals surface area contributed by atoms with Crippen LogP contribution in [0.1, 0.15) is 42.5 Å². The number of hydrogen-bond donors (Lipinski definition) is 2. The first-order valence-corrected chi connectivity index (χ1v) is 6.32. The summed E-state index contributed by atoms with van der Waals surface area (Å²) in [6, 6.07) is 5.02. The van der Waals surface area contributed by atoms with Crippen molar-refractivity contribution in [2.45, 2.75) is 32.7 Å². The van der Waals surface area contributed by atoms with Crippen LogP contribution in [-0.4, -0.2) is 16.0 Å². The Balaban J connectivity index is 2.15. The van der Waals surface area contributed by atoms with Gasteiger partial charge in [-0.15, -0.1) is 0 Å². The van der Waals surface area contributed by atoms with Crippen LogP contribution in [0.5, 0.6) is 0 Å². The van der Waals surface area contributed by atoms with E-state index in [0.29, 0.717) is 23.6 Å². The molecule has 6 heteroatoms. The van der Waals surface area contributed by atoms with E-state index in [1.165, 1.54) is 6.26 Å². The van der Waals surface area contributed by atoms with Crippen LogP contribution in [0, 0.1) is 0 Å². The average Bonchev–Trinajstić information content (AvgIpc) is 2.87. The van der Waals surface area contributed by atoms with Crippen molar-refractivity contribution >= 4 is 11.7 Å². The quantitative estimate of drug-likeness (QED) is 0.891. The van der Waals surface area contributed by atoms with Gasteiger partial charge in [0.1, 0.15) is 17.8 Å². The highest BCUT2D eigenvalue weighted by Gasteiger charge is 2.18. The van der Waals surface area contributed by atoms with Crippen LogP contribution in [0.4, 0.5) is 5.82 Å². The molecule has 2 heterocycles. The van der Waals surface area contributed by atoms with Gasteiger partial charge in [0.05, 0.1) is 6.54 Å². The molecule has 6 nitrogen and oxygen atoms in total. The molecule has 0 bridgehead atoms. The van der Waals surface area contributed by atoms with E-state index in [1.807, 2.05) is 20.8 Å². The molecular weight excluding hydrogens is 256 g/mol. The summed E-state index contributed by atoms with van der Waals surface area (Å²) in [5.74, 6) is 0.122. The average molecular weight is 274 g/mol. The summed E-state index contributed by atoms with van der Waals surface area (Å²) in [4.78, 5) is 16.4. The molecule has 0 radical (unpaired) electrons. The zero-order chi connectivity index (χ0) is 14.8. The number of anilines is 1. The topological polar surface area (TPSA) is 94.0 Å². The Hall–Kier alpha value is -2.37. The Bertz CT molecular complexity index is 600. The van der Waals surface area contributed by atoms with Gasteiger partial charge < -0.3 is 15.6 Å². The summed E-state index contributed by atoms with van der Waals surface area (Å²) in [6.07, 6.45) is 1.46. The van der Waals surface area contributed by atoms with E-state index >= 15 is 0 Å². The highest BCUT2D eigenvalue weighted by atomic mass is 16.5. The van der Waals surface area contributed by atoms with E-state index in [-0.39, 0.29) is 11.3 Å². The van der Waals surface area contributed by atoms with Crippen LogP contribution in [-0.2, 0) is 12.0 Å². The van der Waals surface area contributed by atoms with Crippen molar-refractivity contribution in [3.05, 3.63) is 41.4 Å². The molecule has 0 aliphatic carbocycles. The van der Waals surface area contributed by atoms with Gasteiger partial charge in [-0.1, -0.05) is 25.9 Å². The normalized spacial score (nSPS) is 11.3. The number of nitrogens with two attached hydrogens (primary N) is 1. The van der Waals surface area contributed by atoms with E-state index in [9.17, 15) is 4.79 Å². The van der Waals surface area contributed by atoms with Gasteiger partial charge in [0.15, 0.2) is 0 Å². The monoisotopic (exact) mass is 274 g/mol. The van der Waals surface area contributed by atoms with Crippen LogP contribution in [0.3, 0.4) is 0 Å². The Kier molecular flexibility index (Phi) is 3.74. The lowest BCUT2D eigenvalue weighted by atomic mass is 9.90. The minimum atomic E-state index is -0.215. The Labute approximate surface area is 117 Å². The predicted molar refractivity (Wildman–Crippen MR) is 75.0 cm³/mol. The summed E-state index contributed by atoms with van der Waals surface area (Å²) < 4.78 is 4.70. The number of aromatic nitrogens is 2. The first-order chi connectivity index (χ1) is 9.36. The second-order valence-corrected chi connectivity index (χ2v) is 5.59. The van der Waals surface area contributed by atoms with E-state index in [1.54, 1.807) is 18.2 Å². The second kappa shape index (κ2) is 5.32. The van der Waals surface area contributed by atoms with Gasteiger partial charge in [0.2, 0.25) is 0 Å². The molecule has 0 aliphatic heterocycles. The largest absolute Gasteiger partial charge is 0.384 e. The van der Waals surface area contributed by atoms with Crippen LogP contribution < -0.4 is 11.1 Å². The van der Waals surface area contributed by atoms with Crippen molar-refractivity contribution < 1.29 is 9.32 Å². The molecule has 0 saturated heterocycles. The molecule has 0 aromatic carbocycles. The van der Waals surface area contributed by atoms with Crippen molar-refractivity contribution in [2.24, 2.45) is 0 Å². The van der Waals surface area contributed by atoms with Crippen LogP contribution in [0.15, 0.2) is 29.0 Å². The molecule has 0 spiro atoms. The summed E-state index contributed by atoms with van der Waals surface area (Å²) in [7, 11) is 0.